The molecule has 3 aromatic rings. The van der Waals surface area contributed by atoms with Crippen LogP contribution >= 0.6 is 11.8 Å². The molecule has 1 aromatic heterocycles. The second-order valence-corrected chi connectivity index (χ2v) is 10.8. The molecular weight excluding hydrogens is 428 g/mol. The Morgan fingerprint density at radius 3 is 2.48 bits per heavy atom. The molecule has 174 valence electrons. The summed E-state index contributed by atoms with van der Waals surface area (Å²) < 4.78 is 0. The normalized spacial score (nSPS) is 14.8. The first kappa shape index (κ1) is 23.6. The maximum atomic E-state index is 12.2. The van der Waals surface area contributed by atoms with Gasteiger partial charge < -0.3 is 9.80 Å². The van der Waals surface area contributed by atoms with Crippen LogP contribution in [0.5, 0.6) is 0 Å². The molecule has 1 aliphatic rings. The van der Waals surface area contributed by atoms with Crippen molar-refractivity contribution in [3.63, 3.8) is 0 Å². The van der Waals surface area contributed by atoms with E-state index in [4.69, 9.17) is 4.98 Å². The SMILES string of the molecule is CC(C)CCSC1CCN(c2ncnc3c(-c4ccc(C(=O)N(C)C)cc4)cccc23)CC1. The van der Waals surface area contributed by atoms with E-state index in [1.165, 1.54) is 25.0 Å². The second-order valence-electron chi connectivity index (χ2n) is 9.42. The summed E-state index contributed by atoms with van der Waals surface area (Å²) >= 11 is 2.14. The number of amides is 1. The fourth-order valence-corrected chi connectivity index (χ4v) is 5.80. The van der Waals surface area contributed by atoms with Gasteiger partial charge in [-0.05, 0) is 54.7 Å². The van der Waals surface area contributed by atoms with Crippen LogP contribution in [0.3, 0.4) is 0 Å². The van der Waals surface area contributed by atoms with Gasteiger partial charge in [-0.1, -0.05) is 38.1 Å². The molecule has 0 spiro atoms. The number of piperidine rings is 1. The molecule has 5 nitrogen and oxygen atoms in total. The number of benzene rings is 2. The lowest BCUT2D eigenvalue weighted by atomic mass is 10.00. The summed E-state index contributed by atoms with van der Waals surface area (Å²) in [4.78, 5) is 25.6. The number of para-hydroxylation sites is 1. The Hall–Kier alpha value is -2.60. The molecule has 0 bridgehead atoms. The zero-order valence-electron chi connectivity index (χ0n) is 20.1. The van der Waals surface area contributed by atoms with Crippen LogP contribution in [0.2, 0.25) is 0 Å². The third-order valence-electron chi connectivity index (χ3n) is 6.28. The van der Waals surface area contributed by atoms with Crippen molar-refractivity contribution >= 4 is 34.4 Å². The van der Waals surface area contributed by atoms with Crippen molar-refractivity contribution in [2.45, 2.75) is 38.4 Å². The van der Waals surface area contributed by atoms with Gasteiger partial charge in [0, 0.05) is 48.9 Å². The van der Waals surface area contributed by atoms with Crippen LogP contribution in [0.1, 0.15) is 43.5 Å². The predicted molar refractivity (Wildman–Crippen MR) is 140 cm³/mol. The molecule has 33 heavy (non-hydrogen) atoms. The second kappa shape index (κ2) is 10.6. The van der Waals surface area contributed by atoms with Crippen molar-refractivity contribution in [2.24, 2.45) is 5.92 Å². The van der Waals surface area contributed by atoms with E-state index in [2.05, 4.69) is 53.7 Å². The number of carbonyl (C=O) groups excluding carboxylic acids is 1. The van der Waals surface area contributed by atoms with E-state index in [-0.39, 0.29) is 5.91 Å². The Morgan fingerprint density at radius 2 is 1.82 bits per heavy atom. The molecule has 2 heterocycles. The van der Waals surface area contributed by atoms with E-state index in [1.54, 1.807) is 25.3 Å². The van der Waals surface area contributed by atoms with Gasteiger partial charge in [0.1, 0.15) is 12.1 Å². The Labute approximate surface area is 201 Å². The highest BCUT2D eigenvalue weighted by atomic mass is 32.2. The monoisotopic (exact) mass is 462 g/mol. The fraction of sp³-hybridized carbons (Fsp3) is 0.444. The molecule has 6 heteroatoms. The zero-order valence-corrected chi connectivity index (χ0v) is 20.9. The zero-order chi connectivity index (χ0) is 23.4. The first-order chi connectivity index (χ1) is 15.9. The van der Waals surface area contributed by atoms with Crippen LogP contribution in [0.25, 0.3) is 22.0 Å². The number of rotatable bonds is 7. The number of thioether (sulfide) groups is 1. The highest BCUT2D eigenvalue weighted by molar-refractivity contribution is 7.99. The molecule has 0 saturated carbocycles. The number of nitrogens with zero attached hydrogens (tertiary/aromatic N) is 4. The van der Waals surface area contributed by atoms with Crippen molar-refractivity contribution in [1.29, 1.82) is 0 Å². The summed E-state index contributed by atoms with van der Waals surface area (Å²) in [5.74, 6) is 3.09. The van der Waals surface area contributed by atoms with Gasteiger partial charge in [0.25, 0.3) is 5.91 Å². The molecule has 4 rings (SSSR count). The topological polar surface area (TPSA) is 49.3 Å². The van der Waals surface area contributed by atoms with Gasteiger partial charge in [0.05, 0.1) is 5.52 Å². The molecular formula is C27H34N4OS. The molecule has 0 radical (unpaired) electrons. The summed E-state index contributed by atoms with van der Waals surface area (Å²) in [6, 6.07) is 14.1. The van der Waals surface area contributed by atoms with E-state index >= 15 is 0 Å². The minimum atomic E-state index is 0.00912. The first-order valence-corrected chi connectivity index (χ1v) is 12.9. The molecule has 0 unspecified atom stereocenters. The van der Waals surface area contributed by atoms with Crippen molar-refractivity contribution in [1.82, 2.24) is 14.9 Å². The molecule has 0 aliphatic carbocycles. The number of fused-ring (bicyclic) bond motifs is 1. The van der Waals surface area contributed by atoms with Crippen LogP contribution in [-0.4, -0.2) is 59.0 Å². The standard InChI is InChI=1S/C27H34N4OS/c1-19(2)14-17-33-22-12-15-31(16-13-22)26-24-7-5-6-23(25(24)28-18-29-26)20-8-10-21(11-9-20)27(32)30(3)4/h5-11,18-19,22H,12-17H2,1-4H3. The number of hydrogen-bond acceptors (Lipinski definition) is 5. The van der Waals surface area contributed by atoms with Crippen LogP contribution in [0.15, 0.2) is 48.8 Å². The maximum Gasteiger partial charge on any atom is 0.253 e. The maximum absolute atomic E-state index is 12.2. The van der Waals surface area contributed by atoms with E-state index < -0.39 is 0 Å². The van der Waals surface area contributed by atoms with Gasteiger partial charge in [0.15, 0.2) is 0 Å². The Bertz CT molecular complexity index is 1090. The van der Waals surface area contributed by atoms with Crippen molar-refractivity contribution in [2.75, 3.05) is 37.8 Å². The molecule has 0 atom stereocenters. The lowest BCUT2D eigenvalue weighted by Gasteiger charge is -2.33. The molecule has 1 fully saturated rings. The Balaban J connectivity index is 1.53. The van der Waals surface area contributed by atoms with E-state index in [0.29, 0.717) is 5.56 Å². The Morgan fingerprint density at radius 1 is 1.09 bits per heavy atom. The smallest absolute Gasteiger partial charge is 0.253 e. The van der Waals surface area contributed by atoms with Gasteiger partial charge in [-0.25, -0.2) is 9.97 Å². The van der Waals surface area contributed by atoms with Crippen molar-refractivity contribution < 1.29 is 4.79 Å². The van der Waals surface area contributed by atoms with Crippen molar-refractivity contribution in [3.05, 3.63) is 54.4 Å². The lowest BCUT2D eigenvalue weighted by Crippen LogP contribution is -2.35. The third-order valence-corrected chi connectivity index (χ3v) is 7.70. The summed E-state index contributed by atoms with van der Waals surface area (Å²) in [6.45, 7) is 6.68. The largest absolute Gasteiger partial charge is 0.356 e. The van der Waals surface area contributed by atoms with Crippen LogP contribution in [0.4, 0.5) is 5.82 Å². The van der Waals surface area contributed by atoms with E-state index in [0.717, 1.165) is 52.1 Å². The average Bonchev–Trinajstić information content (AvgIpc) is 2.83. The first-order valence-electron chi connectivity index (χ1n) is 11.9. The summed E-state index contributed by atoms with van der Waals surface area (Å²) in [6.07, 6.45) is 5.40. The minimum Gasteiger partial charge on any atom is -0.356 e. The highest BCUT2D eigenvalue weighted by Gasteiger charge is 2.22. The third kappa shape index (κ3) is 5.49. The van der Waals surface area contributed by atoms with Gasteiger partial charge in [-0.3, -0.25) is 4.79 Å². The van der Waals surface area contributed by atoms with E-state index in [9.17, 15) is 4.79 Å². The quantitative estimate of drug-likeness (QED) is 0.448. The van der Waals surface area contributed by atoms with Crippen molar-refractivity contribution in [3.8, 4) is 11.1 Å². The van der Waals surface area contributed by atoms with Gasteiger partial charge in [0.2, 0.25) is 0 Å². The molecule has 0 N–H and O–H groups in total. The highest BCUT2D eigenvalue weighted by Crippen LogP contribution is 2.34. The summed E-state index contributed by atoms with van der Waals surface area (Å²) in [5.41, 5.74) is 3.77. The average molecular weight is 463 g/mol. The van der Waals surface area contributed by atoms with Crippen LogP contribution < -0.4 is 4.90 Å². The predicted octanol–water partition coefficient (Wildman–Crippen LogP) is 5.75. The molecule has 1 amide bonds. The van der Waals surface area contributed by atoms with Gasteiger partial charge >= 0.3 is 0 Å². The van der Waals surface area contributed by atoms with Crippen LogP contribution in [-0.2, 0) is 0 Å². The number of anilines is 1. The summed E-state index contributed by atoms with van der Waals surface area (Å²) in [7, 11) is 3.54. The molecule has 1 saturated heterocycles. The van der Waals surface area contributed by atoms with Gasteiger partial charge in [-0.2, -0.15) is 11.8 Å². The molecule has 2 aromatic carbocycles. The lowest BCUT2D eigenvalue weighted by molar-refractivity contribution is 0.0827. The minimum absolute atomic E-state index is 0.00912. The molecule has 1 aliphatic heterocycles. The number of hydrogen-bond donors (Lipinski definition) is 0. The summed E-state index contributed by atoms with van der Waals surface area (Å²) in [5, 5.41) is 1.85. The fourth-order valence-electron chi connectivity index (χ4n) is 4.31. The van der Waals surface area contributed by atoms with Gasteiger partial charge in [-0.15, -0.1) is 0 Å². The number of carbonyl (C=O) groups is 1. The van der Waals surface area contributed by atoms with E-state index in [1.807, 2.05) is 24.3 Å². The van der Waals surface area contributed by atoms with Crippen LogP contribution in [0, 0.1) is 5.92 Å². The Kier molecular flexibility index (Phi) is 7.53. The number of aromatic nitrogens is 2.